The SMILES string of the molecule is O=C1Nc2ncc(Br)cc2[C@]12CC2c1ccc2cn[nH]c2c1. The Hall–Kier alpha value is -2.21. The number of anilines is 1. The van der Waals surface area contributed by atoms with E-state index in [0.717, 1.165) is 27.4 Å². The fourth-order valence-electron chi connectivity index (χ4n) is 3.61. The van der Waals surface area contributed by atoms with Gasteiger partial charge in [0.1, 0.15) is 5.82 Å². The maximum atomic E-state index is 12.5. The van der Waals surface area contributed by atoms with Crippen LogP contribution in [0.3, 0.4) is 0 Å². The molecule has 0 saturated heterocycles. The maximum Gasteiger partial charge on any atom is 0.236 e. The highest BCUT2D eigenvalue weighted by Gasteiger charge is 2.65. The van der Waals surface area contributed by atoms with Gasteiger partial charge in [0.25, 0.3) is 0 Å². The van der Waals surface area contributed by atoms with Crippen molar-refractivity contribution in [2.24, 2.45) is 0 Å². The second kappa shape index (κ2) is 3.95. The Morgan fingerprint density at radius 3 is 3.09 bits per heavy atom. The van der Waals surface area contributed by atoms with Crippen LogP contribution in [-0.2, 0) is 10.2 Å². The number of nitrogens with one attached hydrogen (secondary N) is 2. The fraction of sp³-hybridized carbons (Fsp3) is 0.188. The lowest BCUT2D eigenvalue weighted by Gasteiger charge is -2.08. The first-order valence-electron chi connectivity index (χ1n) is 7.09. The lowest BCUT2D eigenvalue weighted by Crippen LogP contribution is -2.21. The molecule has 2 N–H and O–H groups in total. The number of H-pyrrole nitrogens is 1. The molecule has 5 nitrogen and oxygen atoms in total. The molecule has 3 aromatic rings. The number of carbonyl (C=O) groups is 1. The summed E-state index contributed by atoms with van der Waals surface area (Å²) >= 11 is 3.45. The van der Waals surface area contributed by atoms with Gasteiger partial charge in [-0.15, -0.1) is 0 Å². The normalized spacial score (nSPS) is 25.5. The third-order valence-electron chi connectivity index (χ3n) is 4.80. The Bertz CT molecular complexity index is 950. The van der Waals surface area contributed by atoms with E-state index in [2.05, 4.69) is 48.6 Å². The van der Waals surface area contributed by atoms with Gasteiger partial charge in [-0.3, -0.25) is 9.89 Å². The molecule has 2 atom stereocenters. The zero-order valence-corrected chi connectivity index (χ0v) is 13.0. The molecule has 1 amide bonds. The second-order valence-corrected chi connectivity index (χ2v) is 6.86. The molecule has 2 aliphatic rings. The number of amides is 1. The Morgan fingerprint density at radius 1 is 1.27 bits per heavy atom. The van der Waals surface area contributed by atoms with Gasteiger partial charge < -0.3 is 5.32 Å². The van der Waals surface area contributed by atoms with Crippen LogP contribution in [0, 0.1) is 0 Å². The van der Waals surface area contributed by atoms with Gasteiger partial charge in [0, 0.05) is 27.5 Å². The number of hydrogen-bond donors (Lipinski definition) is 2. The fourth-order valence-corrected chi connectivity index (χ4v) is 3.94. The average Bonchev–Trinajstić information content (AvgIpc) is 2.99. The third kappa shape index (κ3) is 1.45. The van der Waals surface area contributed by atoms with Crippen LogP contribution >= 0.6 is 15.9 Å². The highest BCUT2D eigenvalue weighted by molar-refractivity contribution is 9.10. The Morgan fingerprint density at radius 2 is 2.18 bits per heavy atom. The van der Waals surface area contributed by atoms with Gasteiger partial charge in [0.2, 0.25) is 5.91 Å². The smallest absolute Gasteiger partial charge is 0.236 e. The van der Waals surface area contributed by atoms with Crippen molar-refractivity contribution in [2.75, 3.05) is 5.32 Å². The van der Waals surface area contributed by atoms with Crippen molar-refractivity contribution >= 4 is 38.6 Å². The number of nitrogens with zero attached hydrogens (tertiary/aromatic N) is 2. The van der Waals surface area contributed by atoms with Crippen LogP contribution in [-0.4, -0.2) is 21.1 Å². The molecular weight excluding hydrogens is 344 g/mol. The first kappa shape index (κ1) is 12.3. The van der Waals surface area contributed by atoms with Crippen molar-refractivity contribution in [3.63, 3.8) is 0 Å². The molecular formula is C16H11BrN4O. The summed E-state index contributed by atoms with van der Waals surface area (Å²) in [5.74, 6) is 0.943. The quantitative estimate of drug-likeness (QED) is 0.705. The molecule has 0 bridgehead atoms. The molecule has 22 heavy (non-hydrogen) atoms. The van der Waals surface area contributed by atoms with Crippen molar-refractivity contribution < 1.29 is 4.79 Å². The van der Waals surface area contributed by atoms with E-state index in [1.807, 2.05) is 12.1 Å². The van der Waals surface area contributed by atoms with Crippen molar-refractivity contribution in [3.8, 4) is 0 Å². The summed E-state index contributed by atoms with van der Waals surface area (Å²) in [5.41, 5.74) is 2.71. The summed E-state index contributed by atoms with van der Waals surface area (Å²) in [6.07, 6.45) is 4.34. The predicted octanol–water partition coefficient (Wildman–Crippen LogP) is 3.10. The van der Waals surface area contributed by atoms with E-state index < -0.39 is 5.41 Å². The van der Waals surface area contributed by atoms with Crippen molar-refractivity contribution in [3.05, 3.63) is 52.3 Å². The molecule has 1 aliphatic carbocycles. The van der Waals surface area contributed by atoms with Gasteiger partial charge in [-0.1, -0.05) is 12.1 Å². The number of halogens is 1. The minimum Gasteiger partial charge on any atom is -0.310 e. The monoisotopic (exact) mass is 354 g/mol. The minimum absolute atomic E-state index is 0.0582. The van der Waals surface area contributed by atoms with Gasteiger partial charge in [-0.05, 0) is 40.0 Å². The number of benzene rings is 1. The van der Waals surface area contributed by atoms with Gasteiger partial charge in [-0.25, -0.2) is 4.98 Å². The molecule has 1 aliphatic heterocycles. The number of aromatic nitrogens is 3. The number of aromatic amines is 1. The van der Waals surface area contributed by atoms with E-state index in [-0.39, 0.29) is 11.8 Å². The highest BCUT2D eigenvalue weighted by Crippen LogP contribution is 2.64. The maximum absolute atomic E-state index is 12.5. The Kier molecular flexibility index (Phi) is 2.22. The zero-order valence-electron chi connectivity index (χ0n) is 11.4. The lowest BCUT2D eigenvalue weighted by molar-refractivity contribution is -0.118. The van der Waals surface area contributed by atoms with Crippen molar-refractivity contribution in [1.82, 2.24) is 15.2 Å². The summed E-state index contributed by atoms with van der Waals surface area (Å²) in [6, 6.07) is 8.24. The summed E-state index contributed by atoms with van der Waals surface area (Å²) in [7, 11) is 0. The molecule has 5 rings (SSSR count). The molecule has 1 spiro atoms. The van der Waals surface area contributed by atoms with Gasteiger partial charge in [0.15, 0.2) is 0 Å². The summed E-state index contributed by atoms with van der Waals surface area (Å²) in [6.45, 7) is 0. The van der Waals surface area contributed by atoms with Crippen LogP contribution < -0.4 is 5.32 Å². The third-order valence-corrected chi connectivity index (χ3v) is 5.23. The van der Waals surface area contributed by atoms with E-state index >= 15 is 0 Å². The summed E-state index contributed by atoms with van der Waals surface area (Å²) in [4.78, 5) is 16.9. The van der Waals surface area contributed by atoms with Crippen LogP contribution in [0.4, 0.5) is 5.82 Å². The van der Waals surface area contributed by atoms with Crippen LogP contribution in [0.1, 0.15) is 23.5 Å². The molecule has 1 aromatic carbocycles. The van der Waals surface area contributed by atoms with Gasteiger partial charge >= 0.3 is 0 Å². The number of rotatable bonds is 1. The van der Waals surface area contributed by atoms with E-state index in [1.165, 1.54) is 5.56 Å². The molecule has 2 aromatic heterocycles. The number of fused-ring (bicyclic) bond motifs is 3. The molecule has 1 unspecified atom stereocenters. The molecule has 1 fully saturated rings. The zero-order chi connectivity index (χ0) is 14.9. The lowest BCUT2D eigenvalue weighted by atomic mass is 9.93. The first-order valence-corrected chi connectivity index (χ1v) is 7.88. The summed E-state index contributed by atoms with van der Waals surface area (Å²) < 4.78 is 0.900. The van der Waals surface area contributed by atoms with Crippen LogP contribution in [0.5, 0.6) is 0 Å². The standard InChI is InChI=1S/C16H11BrN4O/c17-10-4-11-14(18-7-10)20-15(22)16(11)5-12(16)8-1-2-9-6-19-21-13(9)3-8/h1-4,6-7,12H,5H2,(H,19,21)(H,18,20,22)/t12?,16-/m0/s1. The van der Waals surface area contributed by atoms with Gasteiger partial charge in [-0.2, -0.15) is 5.10 Å². The van der Waals surface area contributed by atoms with E-state index in [9.17, 15) is 4.79 Å². The predicted molar refractivity (Wildman–Crippen MR) is 85.7 cm³/mol. The van der Waals surface area contributed by atoms with Crippen LogP contribution in [0.25, 0.3) is 10.9 Å². The molecule has 6 heteroatoms. The minimum atomic E-state index is -0.459. The molecule has 108 valence electrons. The molecule has 1 saturated carbocycles. The summed E-state index contributed by atoms with van der Waals surface area (Å²) in [5, 5.41) is 11.0. The topological polar surface area (TPSA) is 70.7 Å². The Labute approximate surface area is 134 Å². The highest BCUT2D eigenvalue weighted by atomic mass is 79.9. The van der Waals surface area contributed by atoms with Crippen LogP contribution in [0.15, 0.2) is 41.1 Å². The number of carbonyl (C=O) groups excluding carboxylic acids is 1. The number of pyridine rings is 1. The van der Waals surface area contributed by atoms with Gasteiger partial charge in [0.05, 0.1) is 17.1 Å². The molecule has 3 heterocycles. The molecule has 0 radical (unpaired) electrons. The largest absolute Gasteiger partial charge is 0.310 e. The van der Waals surface area contributed by atoms with E-state index in [0.29, 0.717) is 5.82 Å². The first-order chi connectivity index (χ1) is 10.7. The van der Waals surface area contributed by atoms with Crippen LogP contribution in [0.2, 0.25) is 0 Å². The second-order valence-electron chi connectivity index (χ2n) is 5.95. The number of hydrogen-bond acceptors (Lipinski definition) is 3. The van der Waals surface area contributed by atoms with Crippen molar-refractivity contribution in [1.29, 1.82) is 0 Å². The van der Waals surface area contributed by atoms with E-state index in [1.54, 1.807) is 12.4 Å². The Balaban J connectivity index is 1.63. The van der Waals surface area contributed by atoms with Crippen molar-refractivity contribution in [2.45, 2.75) is 17.8 Å². The average molecular weight is 355 g/mol. The van der Waals surface area contributed by atoms with E-state index in [4.69, 9.17) is 0 Å².